The fourth-order valence-corrected chi connectivity index (χ4v) is 4.13. The molecule has 0 bridgehead atoms. The van der Waals surface area contributed by atoms with Crippen molar-refractivity contribution in [3.8, 4) is 11.1 Å². The second-order valence-electron chi connectivity index (χ2n) is 8.41. The average molecular weight is 452 g/mol. The van der Waals surface area contributed by atoms with Gasteiger partial charge in [-0.3, -0.25) is 9.78 Å². The Morgan fingerprint density at radius 2 is 1.67 bits per heavy atom. The van der Waals surface area contributed by atoms with Gasteiger partial charge < -0.3 is 10.6 Å². The number of hydrogen-bond donors (Lipinski definition) is 1. The maximum atomic E-state index is 12.9. The highest BCUT2D eigenvalue weighted by Gasteiger charge is 2.24. The summed E-state index contributed by atoms with van der Waals surface area (Å²) in [5, 5.41) is 0. The summed E-state index contributed by atoms with van der Waals surface area (Å²) >= 11 is 0. The van der Waals surface area contributed by atoms with E-state index >= 15 is 0 Å². The lowest BCUT2D eigenvalue weighted by Crippen LogP contribution is -2.30. The van der Waals surface area contributed by atoms with Crippen LogP contribution in [-0.2, 0) is 24.2 Å². The Labute approximate surface area is 193 Å². The Morgan fingerprint density at radius 1 is 1.07 bits per heavy atom. The molecule has 1 amide bonds. The molecule has 1 aromatic heterocycles. The first-order valence-electron chi connectivity index (χ1n) is 10.5. The Kier molecular flexibility index (Phi) is 10.3. The maximum Gasteiger partial charge on any atom is 0.227 e. The van der Waals surface area contributed by atoms with Gasteiger partial charge in [-0.1, -0.05) is 43.7 Å². The van der Waals surface area contributed by atoms with Crippen LogP contribution in [0.5, 0.6) is 0 Å². The van der Waals surface area contributed by atoms with E-state index in [1.165, 1.54) is 5.56 Å². The molecule has 1 aliphatic rings. The first kappa shape index (κ1) is 26.4. The van der Waals surface area contributed by atoms with E-state index in [0.717, 1.165) is 66.0 Å². The Bertz CT molecular complexity index is 845. The molecule has 4 nitrogen and oxygen atoms in total. The van der Waals surface area contributed by atoms with Crippen LogP contribution in [0.15, 0.2) is 24.3 Å². The molecule has 30 heavy (non-hydrogen) atoms. The van der Waals surface area contributed by atoms with Crippen LogP contribution in [0.1, 0.15) is 54.8 Å². The number of aromatic nitrogens is 1. The summed E-state index contributed by atoms with van der Waals surface area (Å²) in [6.45, 7) is 10.7. The first-order chi connectivity index (χ1) is 13.4. The number of carbonyl (C=O) groups excluding carboxylic acids is 1. The molecule has 1 saturated heterocycles. The van der Waals surface area contributed by atoms with Crippen LogP contribution in [0.3, 0.4) is 0 Å². The summed E-state index contributed by atoms with van der Waals surface area (Å²) in [4.78, 5) is 19.8. The predicted octanol–water partition coefficient (Wildman–Crippen LogP) is 5.03. The number of rotatable bonds is 6. The Hall–Kier alpha value is -1.62. The largest absolute Gasteiger partial charge is 0.342 e. The quantitative estimate of drug-likeness (QED) is 0.669. The highest BCUT2D eigenvalue weighted by atomic mass is 35.5. The lowest BCUT2D eigenvalue weighted by Gasteiger charge is -2.22. The Morgan fingerprint density at radius 3 is 2.20 bits per heavy atom. The van der Waals surface area contributed by atoms with Crippen molar-refractivity contribution in [1.29, 1.82) is 0 Å². The van der Waals surface area contributed by atoms with E-state index in [4.69, 9.17) is 10.7 Å². The molecule has 0 atom stereocenters. The van der Waals surface area contributed by atoms with Crippen LogP contribution in [-0.4, -0.2) is 28.9 Å². The highest BCUT2D eigenvalue weighted by molar-refractivity contribution is 5.86. The van der Waals surface area contributed by atoms with Crippen LogP contribution < -0.4 is 5.73 Å². The number of benzene rings is 1. The van der Waals surface area contributed by atoms with E-state index in [2.05, 4.69) is 45.0 Å². The first-order valence-corrected chi connectivity index (χ1v) is 10.5. The van der Waals surface area contributed by atoms with Gasteiger partial charge in [0.15, 0.2) is 0 Å². The topological polar surface area (TPSA) is 59.2 Å². The maximum absolute atomic E-state index is 12.9. The SMILES string of the molecule is Cc1ccc(-c2c(CC(=O)N3CCCC3)c(C)nc(CC(C)C)c2CN)cc1.Cl.Cl. The van der Waals surface area contributed by atoms with Gasteiger partial charge in [-0.25, -0.2) is 0 Å². The minimum atomic E-state index is 0. The number of nitrogens with two attached hydrogens (primary N) is 1. The van der Waals surface area contributed by atoms with Crippen molar-refractivity contribution in [3.63, 3.8) is 0 Å². The van der Waals surface area contributed by atoms with Gasteiger partial charge in [-0.2, -0.15) is 0 Å². The summed E-state index contributed by atoms with van der Waals surface area (Å²) < 4.78 is 0. The van der Waals surface area contributed by atoms with Crippen LogP contribution >= 0.6 is 24.8 Å². The summed E-state index contributed by atoms with van der Waals surface area (Å²) in [5.74, 6) is 0.704. The molecule has 2 N–H and O–H groups in total. The minimum absolute atomic E-state index is 0. The number of nitrogens with zero attached hydrogens (tertiary/aromatic N) is 2. The number of hydrogen-bond acceptors (Lipinski definition) is 3. The molecule has 2 heterocycles. The van der Waals surface area contributed by atoms with Gasteiger partial charge in [0, 0.05) is 31.0 Å². The zero-order chi connectivity index (χ0) is 20.3. The van der Waals surface area contributed by atoms with Gasteiger partial charge in [0.1, 0.15) is 0 Å². The second kappa shape index (κ2) is 11.7. The zero-order valence-corrected chi connectivity index (χ0v) is 20.2. The van der Waals surface area contributed by atoms with Gasteiger partial charge >= 0.3 is 0 Å². The van der Waals surface area contributed by atoms with Gasteiger partial charge in [-0.15, -0.1) is 24.8 Å². The highest BCUT2D eigenvalue weighted by Crippen LogP contribution is 2.33. The molecular formula is C24H35Cl2N3O. The van der Waals surface area contributed by atoms with Crippen molar-refractivity contribution in [2.75, 3.05) is 13.1 Å². The molecule has 1 aromatic carbocycles. The van der Waals surface area contributed by atoms with Crippen molar-refractivity contribution < 1.29 is 4.79 Å². The molecule has 1 fully saturated rings. The van der Waals surface area contributed by atoms with Crippen molar-refractivity contribution >= 4 is 30.7 Å². The summed E-state index contributed by atoms with van der Waals surface area (Å²) in [7, 11) is 0. The van der Waals surface area contributed by atoms with Gasteiger partial charge in [0.25, 0.3) is 0 Å². The van der Waals surface area contributed by atoms with Crippen molar-refractivity contribution in [3.05, 3.63) is 52.3 Å². The number of halogens is 2. The molecule has 166 valence electrons. The molecule has 3 rings (SSSR count). The van der Waals surface area contributed by atoms with E-state index in [0.29, 0.717) is 18.9 Å². The molecule has 0 saturated carbocycles. The fourth-order valence-electron chi connectivity index (χ4n) is 4.13. The normalized spacial score (nSPS) is 13.2. The van der Waals surface area contributed by atoms with Crippen LogP contribution in [0.4, 0.5) is 0 Å². The standard InChI is InChI=1S/C24H33N3O.2ClH/c1-16(2)13-22-21(15-25)24(19-9-7-17(3)8-10-19)20(18(4)26-22)14-23(28)27-11-5-6-12-27;;/h7-10,16H,5-6,11-15,25H2,1-4H3;2*1H. The summed E-state index contributed by atoms with van der Waals surface area (Å²) in [6, 6.07) is 8.54. The second-order valence-corrected chi connectivity index (χ2v) is 8.41. The number of aryl methyl sites for hydroxylation is 2. The third-order valence-electron chi connectivity index (χ3n) is 5.62. The molecule has 6 heteroatoms. The fraction of sp³-hybridized carbons (Fsp3) is 0.500. The van der Waals surface area contributed by atoms with Gasteiger partial charge in [0.05, 0.1) is 6.42 Å². The van der Waals surface area contributed by atoms with Crippen molar-refractivity contribution in [1.82, 2.24) is 9.88 Å². The molecule has 0 radical (unpaired) electrons. The number of carbonyl (C=O) groups is 1. The monoisotopic (exact) mass is 451 g/mol. The molecule has 0 unspecified atom stereocenters. The summed E-state index contributed by atoms with van der Waals surface area (Å²) in [5.41, 5.74) is 13.9. The minimum Gasteiger partial charge on any atom is -0.342 e. The molecule has 0 aliphatic carbocycles. The lowest BCUT2D eigenvalue weighted by atomic mass is 9.88. The molecule has 1 aliphatic heterocycles. The van der Waals surface area contributed by atoms with E-state index in [1.807, 2.05) is 11.8 Å². The lowest BCUT2D eigenvalue weighted by molar-refractivity contribution is -0.129. The number of likely N-dealkylation sites (tertiary alicyclic amines) is 1. The van der Waals surface area contributed by atoms with Crippen LogP contribution in [0.2, 0.25) is 0 Å². The molecule has 2 aromatic rings. The van der Waals surface area contributed by atoms with E-state index < -0.39 is 0 Å². The third kappa shape index (κ3) is 5.96. The van der Waals surface area contributed by atoms with Gasteiger partial charge in [0.2, 0.25) is 5.91 Å². The van der Waals surface area contributed by atoms with Gasteiger partial charge in [-0.05, 0) is 61.3 Å². The van der Waals surface area contributed by atoms with Crippen molar-refractivity contribution in [2.24, 2.45) is 11.7 Å². The molecular weight excluding hydrogens is 417 g/mol. The van der Waals surface area contributed by atoms with Crippen molar-refractivity contribution in [2.45, 2.75) is 59.9 Å². The molecule has 0 spiro atoms. The summed E-state index contributed by atoms with van der Waals surface area (Å²) in [6.07, 6.45) is 3.51. The van der Waals surface area contributed by atoms with Crippen LogP contribution in [0, 0.1) is 19.8 Å². The zero-order valence-electron chi connectivity index (χ0n) is 18.5. The number of amides is 1. The van der Waals surface area contributed by atoms with Crippen LogP contribution in [0.25, 0.3) is 11.1 Å². The van der Waals surface area contributed by atoms with E-state index in [1.54, 1.807) is 0 Å². The predicted molar refractivity (Wildman–Crippen MR) is 130 cm³/mol. The smallest absolute Gasteiger partial charge is 0.227 e. The average Bonchev–Trinajstić information content (AvgIpc) is 3.18. The van der Waals surface area contributed by atoms with E-state index in [-0.39, 0.29) is 30.7 Å². The van der Waals surface area contributed by atoms with E-state index in [9.17, 15) is 4.79 Å². The third-order valence-corrected chi connectivity index (χ3v) is 5.62. The number of pyridine rings is 1. The Balaban J connectivity index is 0.00000225.